The Morgan fingerprint density at radius 2 is 1.86 bits per heavy atom. The average Bonchev–Trinajstić information content (AvgIpc) is 3.47. The van der Waals surface area contributed by atoms with Gasteiger partial charge in [0.2, 0.25) is 5.91 Å². The zero-order valence-electron chi connectivity index (χ0n) is 20.2. The van der Waals surface area contributed by atoms with Crippen LogP contribution in [0.5, 0.6) is 0 Å². The van der Waals surface area contributed by atoms with Gasteiger partial charge >= 0.3 is 0 Å². The van der Waals surface area contributed by atoms with Gasteiger partial charge in [0.15, 0.2) is 0 Å². The molecule has 6 rings (SSSR count). The Bertz CT molecular complexity index is 1480. The van der Waals surface area contributed by atoms with Crippen molar-refractivity contribution in [2.75, 3.05) is 30.7 Å². The summed E-state index contributed by atoms with van der Waals surface area (Å²) in [7, 11) is 0. The van der Waals surface area contributed by atoms with E-state index < -0.39 is 6.61 Å². The molecule has 1 saturated heterocycles. The largest absolute Gasteiger partial charge is 0.387 e. The van der Waals surface area contributed by atoms with Crippen LogP contribution in [0.15, 0.2) is 61.1 Å². The Morgan fingerprint density at radius 1 is 1.08 bits per heavy atom. The molecule has 2 amide bonds. The molecule has 1 aliphatic carbocycles. The molecule has 0 radical (unpaired) electrons. The second-order valence-corrected chi connectivity index (χ2v) is 9.75. The fraction of sp³-hybridized carbons (Fsp3) is 0.296. The van der Waals surface area contributed by atoms with E-state index in [0.29, 0.717) is 30.3 Å². The van der Waals surface area contributed by atoms with Crippen molar-refractivity contribution in [3.05, 3.63) is 72.4 Å². The first-order valence-electron chi connectivity index (χ1n) is 12.3. The molecule has 188 valence electrons. The van der Waals surface area contributed by atoms with Crippen molar-refractivity contribution in [2.45, 2.75) is 25.2 Å². The summed E-state index contributed by atoms with van der Waals surface area (Å²) in [6.07, 6.45) is 7.97. The van der Waals surface area contributed by atoms with Gasteiger partial charge in [-0.1, -0.05) is 18.2 Å². The van der Waals surface area contributed by atoms with E-state index in [-0.39, 0.29) is 23.1 Å². The van der Waals surface area contributed by atoms with Crippen LogP contribution in [0.1, 0.15) is 41.4 Å². The van der Waals surface area contributed by atoms with Crippen LogP contribution >= 0.6 is 0 Å². The monoisotopic (exact) mass is 497 g/mol. The summed E-state index contributed by atoms with van der Waals surface area (Å²) in [6, 6.07) is 12.6. The lowest BCUT2D eigenvalue weighted by molar-refractivity contribution is -0.135. The highest BCUT2D eigenvalue weighted by molar-refractivity contribution is 6.04. The number of nitrogens with two attached hydrogens (primary N) is 1. The third-order valence-corrected chi connectivity index (χ3v) is 7.69. The Hall–Kier alpha value is -4.31. The maximum absolute atomic E-state index is 12.6. The predicted octanol–water partition coefficient (Wildman–Crippen LogP) is 2.71. The third-order valence-electron chi connectivity index (χ3n) is 7.69. The molecule has 1 saturated carbocycles. The van der Waals surface area contributed by atoms with Crippen molar-refractivity contribution in [3.8, 4) is 11.3 Å². The molecule has 4 N–H and O–H groups in total. The number of aromatic nitrogens is 4. The predicted molar refractivity (Wildman–Crippen MR) is 138 cm³/mol. The number of pyridine rings is 1. The zero-order valence-corrected chi connectivity index (χ0v) is 20.2. The first kappa shape index (κ1) is 23.1. The number of fused-ring (bicyclic) bond motifs is 1. The normalized spacial score (nSPS) is 18.2. The van der Waals surface area contributed by atoms with Gasteiger partial charge in [0.25, 0.3) is 5.91 Å². The minimum atomic E-state index is -0.444. The van der Waals surface area contributed by atoms with Crippen LogP contribution in [-0.4, -0.2) is 60.9 Å². The third kappa shape index (κ3) is 4.09. The molecule has 2 aliphatic rings. The van der Waals surface area contributed by atoms with Gasteiger partial charge in [-0.25, -0.2) is 15.0 Å². The molecule has 37 heavy (non-hydrogen) atoms. The average molecular weight is 498 g/mol. The summed E-state index contributed by atoms with van der Waals surface area (Å²) in [6.45, 7) is 0.857. The lowest BCUT2D eigenvalue weighted by Crippen LogP contribution is -2.40. The van der Waals surface area contributed by atoms with E-state index in [2.05, 4.69) is 15.3 Å². The van der Waals surface area contributed by atoms with E-state index in [9.17, 15) is 14.7 Å². The number of imidazole rings is 1. The van der Waals surface area contributed by atoms with Gasteiger partial charge in [0, 0.05) is 48.7 Å². The lowest BCUT2D eigenvalue weighted by Gasteiger charge is -2.32. The van der Waals surface area contributed by atoms with Gasteiger partial charge in [-0.2, -0.15) is 0 Å². The highest BCUT2D eigenvalue weighted by Crippen LogP contribution is 2.64. The number of hydrogen-bond acceptors (Lipinski definition) is 7. The van der Waals surface area contributed by atoms with Crippen molar-refractivity contribution < 1.29 is 14.7 Å². The zero-order chi connectivity index (χ0) is 25.6. The minimum absolute atomic E-state index is 0.107. The lowest BCUT2D eigenvalue weighted by atomic mass is 9.90. The summed E-state index contributed by atoms with van der Waals surface area (Å²) in [5.74, 6) is 1.63. The van der Waals surface area contributed by atoms with Gasteiger partial charge in [-0.15, -0.1) is 0 Å². The van der Waals surface area contributed by atoms with Crippen LogP contribution in [0.3, 0.4) is 0 Å². The molecule has 10 heteroatoms. The van der Waals surface area contributed by atoms with Crippen LogP contribution in [0, 0.1) is 5.41 Å². The van der Waals surface area contributed by atoms with E-state index in [0.717, 1.165) is 41.9 Å². The SMILES string of the molecule is Nc1nccn2c([C@H]3CC34CCN(C(=O)CO)CC4)nc(-c3ccc(C(=O)Nc4ccccn4)cc3)c12. The van der Waals surface area contributed by atoms with Crippen LogP contribution in [0.25, 0.3) is 16.8 Å². The molecule has 3 aromatic heterocycles. The number of nitrogens with zero attached hydrogens (tertiary/aromatic N) is 5. The number of aliphatic hydroxyl groups is 1. The number of nitrogen functional groups attached to an aromatic ring is 1. The molecule has 0 bridgehead atoms. The van der Waals surface area contributed by atoms with Crippen LogP contribution in [-0.2, 0) is 4.79 Å². The Kier molecular flexibility index (Phi) is 5.60. The summed E-state index contributed by atoms with van der Waals surface area (Å²) in [5, 5.41) is 12.0. The number of carbonyl (C=O) groups is 2. The van der Waals surface area contributed by atoms with Gasteiger partial charge in [-0.05, 0) is 48.9 Å². The Balaban J connectivity index is 1.27. The Morgan fingerprint density at radius 3 is 2.57 bits per heavy atom. The van der Waals surface area contributed by atoms with Gasteiger partial charge in [0.1, 0.15) is 35.3 Å². The van der Waals surface area contributed by atoms with Crippen LogP contribution < -0.4 is 11.1 Å². The fourth-order valence-electron chi connectivity index (χ4n) is 5.51. The molecule has 1 atom stereocenters. The number of carbonyl (C=O) groups excluding carboxylic acids is 2. The van der Waals surface area contributed by atoms with Crippen LogP contribution in [0.4, 0.5) is 11.6 Å². The number of benzene rings is 1. The standard InChI is InChI=1S/C27H27N7O3/c28-24-23-22(17-4-6-18(7-5-17)26(37)31-20-3-1-2-10-29-20)32-25(34(23)14-11-30-24)19-15-27(19)8-12-33(13-9-27)21(36)16-35/h1-7,10-11,14,19,35H,8-9,12-13,15-16H2,(H2,28,30)(H,29,31,37)/t19-/m1/s1. The second kappa shape index (κ2) is 8.97. The van der Waals surface area contributed by atoms with E-state index in [1.807, 2.05) is 28.8 Å². The van der Waals surface area contributed by atoms with E-state index in [1.165, 1.54) is 0 Å². The summed E-state index contributed by atoms with van der Waals surface area (Å²) in [4.78, 5) is 39.8. The molecule has 1 aliphatic heterocycles. The molecule has 0 unspecified atom stereocenters. The number of anilines is 2. The number of amides is 2. The van der Waals surface area contributed by atoms with Gasteiger partial charge < -0.3 is 21.1 Å². The highest BCUT2D eigenvalue weighted by Gasteiger charge is 2.57. The highest BCUT2D eigenvalue weighted by atomic mass is 16.3. The van der Waals surface area contributed by atoms with E-state index in [4.69, 9.17) is 10.7 Å². The molecule has 1 spiro atoms. The number of hydrogen-bond donors (Lipinski definition) is 3. The summed E-state index contributed by atoms with van der Waals surface area (Å²) >= 11 is 0. The number of likely N-dealkylation sites (tertiary alicyclic amines) is 1. The molecule has 1 aromatic carbocycles. The maximum Gasteiger partial charge on any atom is 0.256 e. The van der Waals surface area contributed by atoms with Crippen LogP contribution in [0.2, 0.25) is 0 Å². The Labute approximate surface area is 213 Å². The maximum atomic E-state index is 12.6. The molecule has 2 fully saturated rings. The summed E-state index contributed by atoms with van der Waals surface area (Å²) in [5.41, 5.74) is 9.26. The topological polar surface area (TPSA) is 139 Å². The number of piperidine rings is 1. The van der Waals surface area contributed by atoms with Crippen molar-refractivity contribution in [1.82, 2.24) is 24.3 Å². The first-order chi connectivity index (χ1) is 18.0. The van der Waals surface area contributed by atoms with Crippen molar-refractivity contribution in [1.29, 1.82) is 0 Å². The molecule has 10 nitrogen and oxygen atoms in total. The minimum Gasteiger partial charge on any atom is -0.387 e. The smallest absolute Gasteiger partial charge is 0.256 e. The molecular weight excluding hydrogens is 470 g/mol. The van der Waals surface area contributed by atoms with Crippen molar-refractivity contribution in [2.24, 2.45) is 5.41 Å². The number of nitrogens with one attached hydrogen (secondary N) is 1. The quantitative estimate of drug-likeness (QED) is 0.385. The number of rotatable bonds is 5. The van der Waals surface area contributed by atoms with Gasteiger partial charge in [0.05, 0.1) is 0 Å². The summed E-state index contributed by atoms with van der Waals surface area (Å²) < 4.78 is 2.03. The van der Waals surface area contributed by atoms with Gasteiger partial charge in [-0.3, -0.25) is 14.0 Å². The molecular formula is C27H27N7O3. The molecule has 4 aromatic rings. The van der Waals surface area contributed by atoms with E-state index >= 15 is 0 Å². The fourth-order valence-corrected chi connectivity index (χ4v) is 5.51. The molecule has 4 heterocycles. The van der Waals surface area contributed by atoms with E-state index in [1.54, 1.807) is 41.6 Å². The number of aliphatic hydroxyl groups excluding tert-OH is 1. The second-order valence-electron chi connectivity index (χ2n) is 9.75. The first-order valence-corrected chi connectivity index (χ1v) is 12.3. The van der Waals surface area contributed by atoms with Crippen molar-refractivity contribution >= 4 is 29.0 Å². The van der Waals surface area contributed by atoms with Crippen molar-refractivity contribution in [3.63, 3.8) is 0 Å².